The fourth-order valence-corrected chi connectivity index (χ4v) is 5.58. The quantitative estimate of drug-likeness (QED) is 0.592. The number of ether oxygens (including phenoxy) is 1. The van der Waals surface area contributed by atoms with E-state index in [0.29, 0.717) is 17.9 Å². The summed E-state index contributed by atoms with van der Waals surface area (Å²) in [7, 11) is 0. The summed E-state index contributed by atoms with van der Waals surface area (Å²) in [6.07, 6.45) is 2.17. The summed E-state index contributed by atoms with van der Waals surface area (Å²) in [5, 5.41) is 2.94. The second-order valence-electron chi connectivity index (χ2n) is 9.21. The maximum atomic E-state index is 13.8. The highest BCUT2D eigenvalue weighted by Gasteiger charge is 2.54. The van der Waals surface area contributed by atoms with Crippen molar-refractivity contribution >= 4 is 23.5 Å². The molecule has 6 rings (SSSR count). The number of hydrogen-bond donors (Lipinski definition) is 1. The number of benzene rings is 3. The van der Waals surface area contributed by atoms with Gasteiger partial charge in [-0.2, -0.15) is 0 Å². The third kappa shape index (κ3) is 3.38. The number of para-hydroxylation sites is 2. The summed E-state index contributed by atoms with van der Waals surface area (Å²) in [6.45, 7) is -0.0591. The molecule has 2 unspecified atom stereocenters. The highest BCUT2D eigenvalue weighted by molar-refractivity contribution is 6.11. The van der Waals surface area contributed by atoms with Gasteiger partial charge in [0.05, 0.1) is 11.7 Å². The molecule has 2 heterocycles. The van der Waals surface area contributed by atoms with Gasteiger partial charge < -0.3 is 10.1 Å². The first-order valence-corrected chi connectivity index (χ1v) is 11.9. The van der Waals surface area contributed by atoms with E-state index < -0.39 is 11.6 Å². The van der Waals surface area contributed by atoms with Crippen molar-refractivity contribution in [2.24, 2.45) is 0 Å². The fourth-order valence-electron chi connectivity index (χ4n) is 5.58. The van der Waals surface area contributed by atoms with E-state index >= 15 is 0 Å². The number of imide groups is 1. The van der Waals surface area contributed by atoms with Crippen molar-refractivity contribution in [1.82, 2.24) is 10.2 Å². The van der Waals surface area contributed by atoms with Crippen molar-refractivity contribution in [3.8, 4) is 5.75 Å². The number of urea groups is 1. The normalized spacial score (nSPS) is 22.9. The van der Waals surface area contributed by atoms with E-state index in [1.165, 1.54) is 0 Å². The van der Waals surface area contributed by atoms with Gasteiger partial charge in [0.1, 0.15) is 24.4 Å². The van der Waals surface area contributed by atoms with Gasteiger partial charge in [-0.15, -0.1) is 0 Å². The second kappa shape index (κ2) is 8.27. The molecule has 1 fully saturated rings. The first-order valence-electron chi connectivity index (χ1n) is 11.9. The van der Waals surface area contributed by atoms with Crippen LogP contribution in [0, 0.1) is 0 Å². The number of anilines is 1. The minimum atomic E-state index is -1.10. The van der Waals surface area contributed by atoms with Gasteiger partial charge in [0.15, 0.2) is 0 Å². The molecule has 0 bridgehead atoms. The van der Waals surface area contributed by atoms with Crippen LogP contribution in [0.15, 0.2) is 78.9 Å². The van der Waals surface area contributed by atoms with Crippen LogP contribution in [-0.2, 0) is 21.5 Å². The Labute approximate surface area is 203 Å². The monoisotopic (exact) mass is 467 g/mol. The minimum absolute atomic E-state index is 0.282. The van der Waals surface area contributed by atoms with Crippen LogP contribution in [-0.4, -0.2) is 35.9 Å². The van der Waals surface area contributed by atoms with Crippen molar-refractivity contribution in [2.45, 2.75) is 30.8 Å². The van der Waals surface area contributed by atoms with Gasteiger partial charge in [0.25, 0.3) is 5.91 Å². The van der Waals surface area contributed by atoms with Gasteiger partial charge >= 0.3 is 6.03 Å². The molecule has 0 saturated carbocycles. The maximum absolute atomic E-state index is 13.8. The summed E-state index contributed by atoms with van der Waals surface area (Å²) >= 11 is 0. The highest BCUT2D eigenvalue weighted by atomic mass is 16.5. The molecule has 3 aromatic carbocycles. The predicted molar refractivity (Wildman–Crippen MR) is 130 cm³/mol. The Balaban J connectivity index is 1.33. The largest absolute Gasteiger partial charge is 0.489 e. The predicted octanol–water partition coefficient (Wildman–Crippen LogP) is 3.94. The molecule has 2 aliphatic heterocycles. The fraction of sp³-hybridized carbons (Fsp3) is 0.250. The summed E-state index contributed by atoms with van der Waals surface area (Å²) in [4.78, 5) is 43.3. The van der Waals surface area contributed by atoms with E-state index in [1.54, 1.807) is 4.90 Å². The molecule has 2 atom stereocenters. The number of carbonyl (C=O) groups is 3. The SMILES string of the molecule is O=C1NC2(CCCc3ccccc32)C(=O)N1CC(=O)N1c2ccccc2OCC1c1ccccc1. The number of nitrogens with one attached hydrogen (secondary N) is 1. The molecule has 35 heavy (non-hydrogen) atoms. The topological polar surface area (TPSA) is 79.0 Å². The standard InChI is InChI=1S/C28H25N3O4/c32-25(31-22-14-6-7-15-24(22)35-18-23(31)20-10-2-1-3-11-20)17-30-26(33)28(29-27(30)34)16-8-12-19-9-4-5-13-21(19)28/h1-7,9-11,13-15,23H,8,12,16-18H2,(H,29,34). The summed E-state index contributed by atoms with van der Waals surface area (Å²) in [5.74, 6) is -0.0945. The minimum Gasteiger partial charge on any atom is -0.489 e. The van der Waals surface area contributed by atoms with Crippen molar-refractivity contribution in [3.05, 3.63) is 95.6 Å². The molecule has 176 valence electrons. The zero-order valence-corrected chi connectivity index (χ0v) is 19.1. The van der Waals surface area contributed by atoms with E-state index in [1.807, 2.05) is 78.9 Å². The zero-order chi connectivity index (χ0) is 24.0. The van der Waals surface area contributed by atoms with Crippen LogP contribution in [0.3, 0.4) is 0 Å². The van der Waals surface area contributed by atoms with Crippen LogP contribution in [0.4, 0.5) is 10.5 Å². The lowest BCUT2D eigenvalue weighted by Crippen LogP contribution is -2.49. The van der Waals surface area contributed by atoms with Crippen LogP contribution in [0.25, 0.3) is 0 Å². The molecule has 4 amide bonds. The van der Waals surface area contributed by atoms with Gasteiger partial charge in [-0.1, -0.05) is 66.7 Å². The maximum Gasteiger partial charge on any atom is 0.325 e. The third-order valence-electron chi connectivity index (χ3n) is 7.23. The summed E-state index contributed by atoms with van der Waals surface area (Å²) < 4.78 is 5.96. The van der Waals surface area contributed by atoms with E-state index in [4.69, 9.17) is 4.74 Å². The average Bonchev–Trinajstić information content (AvgIpc) is 3.13. The lowest BCUT2D eigenvalue weighted by atomic mass is 9.76. The number of rotatable bonds is 3. The molecule has 3 aliphatic rings. The Bertz CT molecular complexity index is 1320. The molecule has 0 radical (unpaired) electrons. The van der Waals surface area contributed by atoms with Gasteiger partial charge in [0, 0.05) is 0 Å². The lowest BCUT2D eigenvalue weighted by Gasteiger charge is -2.38. The number of hydrogen-bond acceptors (Lipinski definition) is 4. The van der Waals surface area contributed by atoms with Crippen LogP contribution in [0.5, 0.6) is 5.75 Å². The number of nitrogens with zero attached hydrogens (tertiary/aromatic N) is 2. The molecular formula is C28H25N3O4. The van der Waals surface area contributed by atoms with Crippen molar-refractivity contribution in [3.63, 3.8) is 0 Å². The first-order chi connectivity index (χ1) is 17.1. The molecule has 1 saturated heterocycles. The highest BCUT2D eigenvalue weighted by Crippen LogP contribution is 2.42. The molecule has 1 spiro atoms. The Kier molecular flexibility index (Phi) is 5.06. The molecule has 7 nitrogen and oxygen atoms in total. The average molecular weight is 468 g/mol. The van der Waals surface area contributed by atoms with Crippen LogP contribution in [0.2, 0.25) is 0 Å². The van der Waals surface area contributed by atoms with E-state index in [9.17, 15) is 14.4 Å². The Morgan fingerprint density at radius 3 is 2.57 bits per heavy atom. The van der Waals surface area contributed by atoms with Gasteiger partial charge in [0.2, 0.25) is 5.91 Å². The summed E-state index contributed by atoms with van der Waals surface area (Å²) in [5.41, 5.74) is 2.34. The molecule has 1 aliphatic carbocycles. The van der Waals surface area contributed by atoms with E-state index in [0.717, 1.165) is 34.4 Å². The Morgan fingerprint density at radius 1 is 0.971 bits per heavy atom. The van der Waals surface area contributed by atoms with Crippen molar-refractivity contribution in [1.29, 1.82) is 0 Å². The lowest BCUT2D eigenvalue weighted by molar-refractivity contribution is -0.135. The van der Waals surface area contributed by atoms with Crippen LogP contribution >= 0.6 is 0 Å². The Hall–Kier alpha value is -4.13. The molecule has 3 aromatic rings. The smallest absolute Gasteiger partial charge is 0.325 e. The van der Waals surface area contributed by atoms with Gasteiger partial charge in [-0.3, -0.25) is 19.4 Å². The number of amides is 4. The van der Waals surface area contributed by atoms with E-state index in [-0.39, 0.29) is 31.0 Å². The number of aryl methyl sites for hydroxylation is 1. The molecular weight excluding hydrogens is 442 g/mol. The van der Waals surface area contributed by atoms with E-state index in [2.05, 4.69) is 5.32 Å². The van der Waals surface area contributed by atoms with Crippen molar-refractivity contribution < 1.29 is 19.1 Å². The first kappa shape index (κ1) is 21.4. The molecule has 7 heteroatoms. The summed E-state index contributed by atoms with van der Waals surface area (Å²) in [6, 6.07) is 23.8. The zero-order valence-electron chi connectivity index (χ0n) is 19.1. The second-order valence-corrected chi connectivity index (χ2v) is 9.21. The van der Waals surface area contributed by atoms with Crippen molar-refractivity contribution in [2.75, 3.05) is 18.1 Å². The third-order valence-corrected chi connectivity index (χ3v) is 7.23. The number of fused-ring (bicyclic) bond motifs is 3. The Morgan fingerprint density at radius 2 is 1.71 bits per heavy atom. The molecule has 1 N–H and O–H groups in total. The molecule has 0 aromatic heterocycles. The van der Waals surface area contributed by atoms with Gasteiger partial charge in [-0.05, 0) is 48.1 Å². The van der Waals surface area contributed by atoms with Crippen LogP contribution < -0.4 is 15.0 Å². The van der Waals surface area contributed by atoms with Crippen LogP contribution in [0.1, 0.15) is 35.6 Å². The van der Waals surface area contributed by atoms with Gasteiger partial charge in [-0.25, -0.2) is 4.79 Å². The number of carbonyl (C=O) groups excluding carboxylic acids is 3.